The number of anilines is 1. The smallest absolute Gasteiger partial charge is 0.164 e. The van der Waals surface area contributed by atoms with Crippen LogP contribution in [0.25, 0.3) is 68.2 Å². The van der Waals surface area contributed by atoms with Gasteiger partial charge in [-0.2, -0.15) is 0 Å². The molecule has 1 aliphatic carbocycles. The SMILES string of the molecule is CC(C)(C)C(C)(C)CNc1cc(-c2nc(-c3ccccc3)nc(-c3ccccc3)n2)cc(-c2cc3ccccc3c3c2C=CCC=C3)c1. The molecule has 0 aliphatic heterocycles. The van der Waals surface area contributed by atoms with Crippen LogP contribution >= 0.6 is 0 Å². The van der Waals surface area contributed by atoms with E-state index in [-0.39, 0.29) is 10.8 Å². The molecule has 48 heavy (non-hydrogen) atoms. The van der Waals surface area contributed by atoms with Gasteiger partial charge in [-0.15, -0.1) is 0 Å². The van der Waals surface area contributed by atoms with Crippen LogP contribution in [-0.4, -0.2) is 21.5 Å². The molecule has 1 heterocycles. The lowest BCUT2D eigenvalue weighted by Gasteiger charge is -2.39. The molecular formula is C44H42N4. The van der Waals surface area contributed by atoms with Gasteiger partial charge in [0.25, 0.3) is 0 Å². The molecule has 5 aromatic carbocycles. The fourth-order valence-electron chi connectivity index (χ4n) is 5.98. The van der Waals surface area contributed by atoms with Crippen LogP contribution in [0.3, 0.4) is 0 Å². The van der Waals surface area contributed by atoms with E-state index in [9.17, 15) is 0 Å². The quantitative estimate of drug-likeness (QED) is 0.192. The molecule has 6 aromatic rings. The Labute approximate surface area is 284 Å². The fraction of sp³-hybridized carbons (Fsp3) is 0.205. The fourth-order valence-corrected chi connectivity index (χ4v) is 5.98. The molecule has 0 unspecified atom stereocenters. The van der Waals surface area contributed by atoms with E-state index in [1.165, 1.54) is 27.5 Å². The van der Waals surface area contributed by atoms with E-state index in [4.69, 9.17) is 15.0 Å². The molecule has 0 bridgehead atoms. The molecule has 0 atom stereocenters. The summed E-state index contributed by atoms with van der Waals surface area (Å²) in [6.45, 7) is 12.4. The number of rotatable bonds is 7. The predicted molar refractivity (Wildman–Crippen MR) is 203 cm³/mol. The van der Waals surface area contributed by atoms with E-state index in [1.54, 1.807) is 0 Å². The number of nitrogens with one attached hydrogen (secondary N) is 1. The maximum atomic E-state index is 5.10. The molecule has 1 aliphatic rings. The Hall–Kier alpha value is -5.35. The molecule has 1 N–H and O–H groups in total. The Balaban J connectivity index is 1.45. The number of benzene rings is 5. The average molecular weight is 627 g/mol. The van der Waals surface area contributed by atoms with Crippen molar-refractivity contribution in [2.24, 2.45) is 10.8 Å². The molecule has 0 fully saturated rings. The summed E-state index contributed by atoms with van der Waals surface area (Å²) in [6.07, 6.45) is 9.97. The summed E-state index contributed by atoms with van der Waals surface area (Å²) in [5.74, 6) is 1.95. The second kappa shape index (κ2) is 12.7. The minimum atomic E-state index is 0.0465. The normalized spacial score (nSPS) is 12.9. The van der Waals surface area contributed by atoms with Crippen LogP contribution < -0.4 is 5.32 Å². The van der Waals surface area contributed by atoms with Crippen molar-refractivity contribution in [1.29, 1.82) is 0 Å². The maximum absolute atomic E-state index is 5.10. The Morgan fingerprint density at radius 2 is 1.10 bits per heavy atom. The van der Waals surface area contributed by atoms with Crippen molar-refractivity contribution in [2.45, 2.75) is 41.0 Å². The first-order valence-electron chi connectivity index (χ1n) is 16.8. The van der Waals surface area contributed by atoms with Gasteiger partial charge < -0.3 is 5.32 Å². The number of aromatic nitrogens is 3. The molecule has 0 saturated heterocycles. The van der Waals surface area contributed by atoms with Crippen LogP contribution in [0.1, 0.15) is 52.2 Å². The number of hydrogen-bond donors (Lipinski definition) is 1. The number of allylic oxidation sites excluding steroid dienone is 2. The first-order chi connectivity index (χ1) is 23.2. The lowest BCUT2D eigenvalue weighted by molar-refractivity contribution is 0.148. The first kappa shape index (κ1) is 31.3. The van der Waals surface area contributed by atoms with Crippen molar-refractivity contribution < 1.29 is 0 Å². The first-order valence-corrected chi connectivity index (χ1v) is 16.8. The van der Waals surface area contributed by atoms with E-state index in [1.807, 2.05) is 36.4 Å². The zero-order valence-corrected chi connectivity index (χ0v) is 28.5. The van der Waals surface area contributed by atoms with Crippen LogP contribution in [0.4, 0.5) is 5.69 Å². The van der Waals surface area contributed by atoms with Gasteiger partial charge in [0, 0.05) is 28.9 Å². The van der Waals surface area contributed by atoms with Crippen LogP contribution in [0.15, 0.2) is 121 Å². The molecule has 4 nitrogen and oxygen atoms in total. The topological polar surface area (TPSA) is 50.7 Å². The zero-order chi connectivity index (χ0) is 33.3. The highest BCUT2D eigenvalue weighted by Crippen LogP contribution is 2.41. The van der Waals surface area contributed by atoms with Gasteiger partial charge in [0.15, 0.2) is 17.5 Å². The summed E-state index contributed by atoms with van der Waals surface area (Å²) in [6, 6.07) is 38.0. The minimum absolute atomic E-state index is 0.0465. The van der Waals surface area contributed by atoms with E-state index in [0.717, 1.165) is 40.9 Å². The summed E-state index contributed by atoms with van der Waals surface area (Å²) in [5, 5.41) is 6.31. The van der Waals surface area contributed by atoms with Gasteiger partial charge in [0.2, 0.25) is 0 Å². The maximum Gasteiger partial charge on any atom is 0.164 e. The summed E-state index contributed by atoms with van der Waals surface area (Å²) in [4.78, 5) is 15.1. The van der Waals surface area contributed by atoms with E-state index in [0.29, 0.717) is 17.5 Å². The lowest BCUT2D eigenvalue weighted by Crippen LogP contribution is -2.36. The second-order valence-electron chi connectivity index (χ2n) is 14.3. The van der Waals surface area contributed by atoms with Crippen LogP contribution in [-0.2, 0) is 0 Å². The van der Waals surface area contributed by atoms with E-state index in [2.05, 4.69) is 137 Å². The molecule has 0 radical (unpaired) electrons. The molecular weight excluding hydrogens is 585 g/mol. The van der Waals surface area contributed by atoms with Gasteiger partial charge in [-0.1, -0.05) is 144 Å². The summed E-state index contributed by atoms with van der Waals surface area (Å²) < 4.78 is 0. The van der Waals surface area contributed by atoms with Crippen LogP contribution in [0.5, 0.6) is 0 Å². The van der Waals surface area contributed by atoms with Crippen molar-refractivity contribution in [2.75, 3.05) is 11.9 Å². The summed E-state index contributed by atoms with van der Waals surface area (Å²) >= 11 is 0. The molecule has 238 valence electrons. The van der Waals surface area contributed by atoms with Crippen molar-refractivity contribution in [3.05, 3.63) is 132 Å². The number of fused-ring (bicyclic) bond motifs is 3. The molecule has 0 spiro atoms. The molecule has 7 rings (SSSR count). The third-order valence-corrected chi connectivity index (χ3v) is 9.94. The predicted octanol–water partition coefficient (Wildman–Crippen LogP) is 11.6. The highest BCUT2D eigenvalue weighted by Gasteiger charge is 2.32. The Morgan fingerprint density at radius 1 is 0.562 bits per heavy atom. The van der Waals surface area contributed by atoms with Gasteiger partial charge in [-0.3, -0.25) is 0 Å². The van der Waals surface area contributed by atoms with Crippen LogP contribution in [0, 0.1) is 10.8 Å². The van der Waals surface area contributed by atoms with Crippen LogP contribution in [0.2, 0.25) is 0 Å². The highest BCUT2D eigenvalue weighted by molar-refractivity contribution is 6.00. The van der Waals surface area contributed by atoms with Gasteiger partial charge in [0.1, 0.15) is 0 Å². The van der Waals surface area contributed by atoms with Crippen molar-refractivity contribution in [3.8, 4) is 45.3 Å². The Bertz CT molecular complexity index is 2100. The third-order valence-electron chi connectivity index (χ3n) is 9.94. The highest BCUT2D eigenvalue weighted by atomic mass is 15.0. The van der Waals surface area contributed by atoms with Crippen molar-refractivity contribution in [1.82, 2.24) is 15.0 Å². The van der Waals surface area contributed by atoms with Gasteiger partial charge in [-0.25, -0.2) is 15.0 Å². The van der Waals surface area contributed by atoms with Crippen molar-refractivity contribution >= 4 is 28.6 Å². The molecule has 0 amide bonds. The van der Waals surface area contributed by atoms with Gasteiger partial charge in [0.05, 0.1) is 0 Å². The van der Waals surface area contributed by atoms with Gasteiger partial charge >= 0.3 is 0 Å². The molecule has 4 heteroatoms. The van der Waals surface area contributed by atoms with E-state index >= 15 is 0 Å². The molecule has 0 saturated carbocycles. The minimum Gasteiger partial charge on any atom is -0.384 e. The van der Waals surface area contributed by atoms with Crippen molar-refractivity contribution in [3.63, 3.8) is 0 Å². The third kappa shape index (κ3) is 6.31. The number of nitrogens with zero attached hydrogens (tertiary/aromatic N) is 3. The Morgan fingerprint density at radius 3 is 1.73 bits per heavy atom. The Kier molecular flexibility index (Phi) is 8.26. The zero-order valence-electron chi connectivity index (χ0n) is 28.5. The van der Waals surface area contributed by atoms with Gasteiger partial charge in [-0.05, 0) is 74.5 Å². The molecule has 1 aromatic heterocycles. The summed E-state index contributed by atoms with van der Waals surface area (Å²) in [5.41, 5.74) is 8.85. The lowest BCUT2D eigenvalue weighted by atomic mass is 9.69. The average Bonchev–Trinajstić information content (AvgIpc) is 3.37. The van der Waals surface area contributed by atoms with E-state index < -0.39 is 0 Å². The second-order valence-corrected chi connectivity index (χ2v) is 14.3. The summed E-state index contributed by atoms with van der Waals surface area (Å²) in [7, 11) is 0. The number of hydrogen-bond acceptors (Lipinski definition) is 4. The standard InChI is InChI=1S/C44H42N4/c1-43(2,3)44(4,5)29-45-35-26-33(39-28-32-21-15-16-22-36(32)37-23-13-8-14-24-38(37)39)25-34(27-35)42-47-40(30-17-9-6-10-18-30)46-41(48-42)31-19-11-7-12-20-31/h6-7,9-28,45H,8,29H2,1-5H3. The monoisotopic (exact) mass is 626 g/mol. The largest absolute Gasteiger partial charge is 0.384 e.